The third kappa shape index (κ3) is 3.29. The molecular formula is C9H10BrNO4S. The van der Waals surface area contributed by atoms with Gasteiger partial charge in [0, 0.05) is 17.5 Å². The maximum Gasteiger partial charge on any atom is 0.326 e. The van der Waals surface area contributed by atoms with Crippen LogP contribution in [-0.4, -0.2) is 34.7 Å². The zero-order valence-corrected chi connectivity index (χ0v) is 10.5. The maximum atomic E-state index is 11.6. The first kappa shape index (κ1) is 13.1. The van der Waals surface area contributed by atoms with E-state index in [1.54, 1.807) is 11.4 Å². The molecule has 0 aliphatic carbocycles. The van der Waals surface area contributed by atoms with Crippen LogP contribution in [0.25, 0.3) is 0 Å². The van der Waals surface area contributed by atoms with Gasteiger partial charge in [-0.2, -0.15) is 0 Å². The average Bonchev–Trinajstić information content (AvgIpc) is 2.63. The minimum absolute atomic E-state index is 0.00985. The Kier molecular flexibility index (Phi) is 4.91. The van der Waals surface area contributed by atoms with Gasteiger partial charge in [-0.3, -0.25) is 4.79 Å². The van der Waals surface area contributed by atoms with Crippen LogP contribution < -0.4 is 5.32 Å². The summed E-state index contributed by atoms with van der Waals surface area (Å²) in [5.74, 6) is -1.61. The van der Waals surface area contributed by atoms with Crippen molar-refractivity contribution in [2.75, 3.05) is 6.61 Å². The van der Waals surface area contributed by atoms with Gasteiger partial charge in [-0.15, -0.1) is 11.3 Å². The standard InChI is InChI=1S/C9H10BrNO4S/c10-5-2-4-16-7(5)8(13)11-6(1-3-12)9(14)15/h2,4,6,12H,1,3H2,(H,11,13)(H,14,15)/t6-/m0/s1. The number of thiophene rings is 1. The Bertz CT molecular complexity index is 393. The average molecular weight is 308 g/mol. The van der Waals surface area contributed by atoms with Crippen molar-refractivity contribution in [1.82, 2.24) is 5.32 Å². The predicted molar refractivity (Wildman–Crippen MR) is 62.6 cm³/mol. The van der Waals surface area contributed by atoms with Crippen LogP contribution in [0.5, 0.6) is 0 Å². The number of carboxylic acid groups (broad SMARTS) is 1. The molecule has 1 atom stereocenters. The number of carbonyl (C=O) groups is 2. The summed E-state index contributed by atoms with van der Waals surface area (Å²) in [5, 5.41) is 21.5. The summed E-state index contributed by atoms with van der Waals surface area (Å²) < 4.78 is 0.628. The Morgan fingerprint density at radius 2 is 2.25 bits per heavy atom. The van der Waals surface area contributed by atoms with Crippen LogP contribution in [0.3, 0.4) is 0 Å². The number of nitrogens with one attached hydrogen (secondary N) is 1. The molecule has 1 heterocycles. The summed E-state index contributed by atoms with van der Waals surface area (Å²) in [6, 6.07) is 0.646. The largest absolute Gasteiger partial charge is 0.480 e. The third-order valence-electron chi connectivity index (χ3n) is 1.84. The zero-order valence-electron chi connectivity index (χ0n) is 8.14. The highest BCUT2D eigenvalue weighted by atomic mass is 79.9. The highest BCUT2D eigenvalue weighted by Gasteiger charge is 2.21. The van der Waals surface area contributed by atoms with E-state index in [4.69, 9.17) is 10.2 Å². The fourth-order valence-electron chi connectivity index (χ4n) is 1.07. The SMILES string of the molecule is O=C(N[C@@H](CCO)C(=O)O)c1sccc1Br. The highest BCUT2D eigenvalue weighted by Crippen LogP contribution is 2.22. The lowest BCUT2D eigenvalue weighted by Crippen LogP contribution is -2.41. The van der Waals surface area contributed by atoms with Crippen molar-refractivity contribution in [3.63, 3.8) is 0 Å². The van der Waals surface area contributed by atoms with Gasteiger partial charge in [0.15, 0.2) is 0 Å². The van der Waals surface area contributed by atoms with E-state index in [1.807, 2.05) is 0 Å². The molecule has 1 aromatic heterocycles. The lowest BCUT2D eigenvalue weighted by Gasteiger charge is -2.12. The maximum absolute atomic E-state index is 11.6. The van der Waals surface area contributed by atoms with E-state index in [9.17, 15) is 9.59 Å². The number of rotatable bonds is 5. The number of aliphatic hydroxyl groups excluding tert-OH is 1. The van der Waals surface area contributed by atoms with E-state index in [2.05, 4.69) is 21.2 Å². The molecule has 1 rings (SSSR count). The van der Waals surface area contributed by atoms with Gasteiger partial charge in [0.1, 0.15) is 10.9 Å². The van der Waals surface area contributed by atoms with Crippen LogP contribution >= 0.6 is 27.3 Å². The summed E-state index contributed by atoms with van der Waals surface area (Å²) in [6.45, 7) is -0.289. The minimum atomic E-state index is -1.16. The van der Waals surface area contributed by atoms with Crippen LogP contribution in [0, 0.1) is 0 Å². The fourth-order valence-corrected chi connectivity index (χ4v) is 2.52. The molecule has 88 valence electrons. The van der Waals surface area contributed by atoms with E-state index in [0.29, 0.717) is 9.35 Å². The van der Waals surface area contributed by atoms with Crippen molar-refractivity contribution in [3.05, 3.63) is 20.8 Å². The van der Waals surface area contributed by atoms with Gasteiger partial charge in [-0.05, 0) is 27.4 Å². The molecule has 0 aliphatic rings. The first-order valence-electron chi connectivity index (χ1n) is 4.43. The molecule has 5 nitrogen and oxygen atoms in total. The number of halogens is 1. The molecule has 0 spiro atoms. The first-order valence-corrected chi connectivity index (χ1v) is 6.11. The molecule has 7 heteroatoms. The van der Waals surface area contributed by atoms with Gasteiger partial charge in [0.25, 0.3) is 5.91 Å². The fraction of sp³-hybridized carbons (Fsp3) is 0.333. The van der Waals surface area contributed by atoms with Crippen molar-refractivity contribution in [1.29, 1.82) is 0 Å². The normalized spacial score (nSPS) is 12.1. The number of aliphatic hydroxyl groups is 1. The van der Waals surface area contributed by atoms with Gasteiger partial charge in [0.05, 0.1) is 0 Å². The number of amides is 1. The third-order valence-corrected chi connectivity index (χ3v) is 3.68. The van der Waals surface area contributed by atoms with Gasteiger partial charge in [0.2, 0.25) is 0 Å². The van der Waals surface area contributed by atoms with Crippen LogP contribution in [0.1, 0.15) is 16.1 Å². The molecule has 1 amide bonds. The molecular weight excluding hydrogens is 298 g/mol. The van der Waals surface area contributed by atoms with Crippen LogP contribution in [0.15, 0.2) is 15.9 Å². The van der Waals surface area contributed by atoms with E-state index in [1.165, 1.54) is 11.3 Å². The van der Waals surface area contributed by atoms with Crippen LogP contribution in [0.2, 0.25) is 0 Å². The smallest absolute Gasteiger partial charge is 0.326 e. The Morgan fingerprint density at radius 3 is 2.69 bits per heavy atom. The van der Waals surface area contributed by atoms with E-state index in [0.717, 1.165) is 0 Å². The minimum Gasteiger partial charge on any atom is -0.480 e. The van der Waals surface area contributed by atoms with E-state index >= 15 is 0 Å². The van der Waals surface area contributed by atoms with Crippen molar-refractivity contribution in [2.45, 2.75) is 12.5 Å². The topological polar surface area (TPSA) is 86.6 Å². The second-order valence-corrected chi connectivity index (χ2v) is 4.74. The van der Waals surface area contributed by atoms with Crippen LogP contribution in [0.4, 0.5) is 0 Å². The van der Waals surface area contributed by atoms with Crippen molar-refractivity contribution < 1.29 is 19.8 Å². The lowest BCUT2D eigenvalue weighted by atomic mass is 10.2. The van der Waals surface area contributed by atoms with Gasteiger partial charge >= 0.3 is 5.97 Å². The lowest BCUT2D eigenvalue weighted by molar-refractivity contribution is -0.139. The molecule has 1 aromatic rings. The summed E-state index contributed by atoms with van der Waals surface area (Å²) in [5.41, 5.74) is 0. The van der Waals surface area contributed by atoms with Gasteiger partial charge in [-0.25, -0.2) is 4.79 Å². The Hall–Kier alpha value is -0.920. The highest BCUT2D eigenvalue weighted by molar-refractivity contribution is 9.10. The summed E-state index contributed by atoms with van der Waals surface area (Å²) in [4.78, 5) is 22.8. The summed E-state index contributed by atoms with van der Waals surface area (Å²) >= 11 is 4.40. The molecule has 0 unspecified atom stereocenters. The summed E-state index contributed by atoms with van der Waals surface area (Å²) in [7, 11) is 0. The number of aliphatic carboxylic acids is 1. The second-order valence-electron chi connectivity index (χ2n) is 2.97. The van der Waals surface area contributed by atoms with Crippen molar-refractivity contribution >= 4 is 39.1 Å². The van der Waals surface area contributed by atoms with E-state index < -0.39 is 17.9 Å². The quantitative estimate of drug-likeness (QED) is 0.759. The Labute approximate surface area is 104 Å². The first-order chi connectivity index (χ1) is 7.56. The van der Waals surface area contributed by atoms with Gasteiger partial charge in [-0.1, -0.05) is 0 Å². The number of carboxylic acids is 1. The molecule has 3 N–H and O–H groups in total. The predicted octanol–water partition coefficient (Wildman–Crippen LogP) is 1.08. The monoisotopic (exact) mass is 307 g/mol. The van der Waals surface area contributed by atoms with Crippen molar-refractivity contribution in [3.8, 4) is 0 Å². The Morgan fingerprint density at radius 1 is 1.56 bits per heavy atom. The zero-order chi connectivity index (χ0) is 12.1. The number of hydrogen-bond acceptors (Lipinski definition) is 4. The number of hydrogen-bond donors (Lipinski definition) is 3. The molecule has 0 saturated heterocycles. The van der Waals surface area contributed by atoms with Crippen molar-refractivity contribution in [2.24, 2.45) is 0 Å². The summed E-state index contributed by atoms with van der Waals surface area (Å²) in [6.07, 6.45) is -0.00985. The molecule has 0 saturated carbocycles. The molecule has 0 bridgehead atoms. The second kappa shape index (κ2) is 5.97. The van der Waals surface area contributed by atoms with Gasteiger partial charge < -0.3 is 15.5 Å². The molecule has 0 fully saturated rings. The molecule has 0 radical (unpaired) electrons. The molecule has 16 heavy (non-hydrogen) atoms. The number of carbonyl (C=O) groups excluding carboxylic acids is 1. The van der Waals surface area contributed by atoms with Crippen LogP contribution in [-0.2, 0) is 4.79 Å². The molecule has 0 aromatic carbocycles. The Balaban J connectivity index is 2.69. The van der Waals surface area contributed by atoms with E-state index in [-0.39, 0.29) is 13.0 Å². The molecule has 0 aliphatic heterocycles.